The second-order valence-corrected chi connectivity index (χ2v) is 15.4. The molecule has 54 heavy (non-hydrogen) atoms. The molecule has 0 aliphatic carbocycles. The highest BCUT2D eigenvalue weighted by molar-refractivity contribution is 6.46. The molecular formula is C46H38N2O6. The van der Waals surface area contributed by atoms with E-state index < -0.39 is 23.6 Å². The first-order chi connectivity index (χ1) is 25.9. The second kappa shape index (κ2) is 12.1. The van der Waals surface area contributed by atoms with E-state index in [2.05, 4.69) is 27.7 Å². The number of hydrogen-bond acceptors (Lipinski definition) is 6. The Hall–Kier alpha value is -6.28. The highest BCUT2D eigenvalue weighted by Crippen LogP contribution is 2.52. The van der Waals surface area contributed by atoms with E-state index in [-0.39, 0.29) is 11.8 Å². The van der Waals surface area contributed by atoms with E-state index in [1.54, 1.807) is 48.5 Å². The van der Waals surface area contributed by atoms with Gasteiger partial charge in [0.25, 0.3) is 23.6 Å². The van der Waals surface area contributed by atoms with Crippen LogP contribution in [0, 0.1) is 25.7 Å². The van der Waals surface area contributed by atoms with Gasteiger partial charge in [0.1, 0.15) is 11.5 Å². The maximum atomic E-state index is 14.5. The zero-order valence-corrected chi connectivity index (χ0v) is 31.0. The Kier molecular flexibility index (Phi) is 7.54. The Morgan fingerprint density at radius 3 is 1.15 bits per heavy atom. The topological polar surface area (TPSA) is 93.2 Å². The average molecular weight is 715 g/mol. The Balaban J connectivity index is 1.41. The van der Waals surface area contributed by atoms with Gasteiger partial charge in [-0.15, -0.1) is 0 Å². The molecule has 0 spiro atoms. The number of fused-ring (bicyclic) bond motifs is 2. The van der Waals surface area contributed by atoms with Gasteiger partial charge in [0.05, 0.1) is 35.7 Å². The van der Waals surface area contributed by atoms with Crippen molar-refractivity contribution in [2.45, 2.75) is 41.5 Å². The van der Waals surface area contributed by atoms with Gasteiger partial charge in [-0.25, -0.2) is 9.80 Å². The maximum absolute atomic E-state index is 14.5. The lowest BCUT2D eigenvalue weighted by Gasteiger charge is -2.31. The number of aryl methyl sites for hydroxylation is 2. The number of amides is 4. The van der Waals surface area contributed by atoms with Gasteiger partial charge in [0, 0.05) is 43.4 Å². The van der Waals surface area contributed by atoms with E-state index in [9.17, 15) is 19.2 Å². The van der Waals surface area contributed by atoms with Gasteiger partial charge >= 0.3 is 0 Å². The third-order valence-corrected chi connectivity index (χ3v) is 10.5. The minimum Gasteiger partial charge on any atom is -0.493 e. The lowest BCUT2D eigenvalue weighted by atomic mass is 9.81. The molecule has 0 radical (unpaired) electrons. The Morgan fingerprint density at radius 2 is 0.796 bits per heavy atom. The highest BCUT2D eigenvalue weighted by Gasteiger charge is 2.40. The van der Waals surface area contributed by atoms with Crippen LogP contribution >= 0.6 is 0 Å². The van der Waals surface area contributed by atoms with Crippen LogP contribution < -0.4 is 19.3 Å². The third-order valence-electron chi connectivity index (χ3n) is 10.5. The number of nitrogens with zero attached hydrogens (tertiary/aromatic N) is 2. The molecule has 0 fully saturated rings. The fraction of sp³-hybridized carbons (Fsp3) is 0.217. The number of imide groups is 2. The van der Waals surface area contributed by atoms with E-state index in [0.29, 0.717) is 90.7 Å². The Bertz CT molecular complexity index is 2570. The molecule has 0 unspecified atom stereocenters. The van der Waals surface area contributed by atoms with Crippen LogP contribution in [0.3, 0.4) is 0 Å². The van der Waals surface area contributed by atoms with Gasteiger partial charge in [-0.05, 0) is 85.0 Å². The second-order valence-electron chi connectivity index (χ2n) is 15.4. The molecule has 0 N–H and O–H groups in total. The van der Waals surface area contributed by atoms with Crippen molar-refractivity contribution in [3.8, 4) is 11.5 Å². The SMILES string of the molecule is Cc1ccc(N2C(=O)c3ccc4c5ccc6c7c(cc(OCC(C)C)c(c8c(OCC(C)C)cc(c3c48)C2=O)c75)C(=O)N(c2ccc(C)cc2)C6=O)cc1. The largest absolute Gasteiger partial charge is 0.493 e. The number of anilines is 2. The summed E-state index contributed by atoms with van der Waals surface area (Å²) in [7, 11) is 0. The summed E-state index contributed by atoms with van der Waals surface area (Å²) >= 11 is 0. The van der Waals surface area contributed by atoms with E-state index in [1.165, 1.54) is 9.80 Å². The van der Waals surface area contributed by atoms with Crippen LogP contribution in [0.2, 0.25) is 0 Å². The zero-order valence-electron chi connectivity index (χ0n) is 31.0. The molecule has 8 nitrogen and oxygen atoms in total. The monoisotopic (exact) mass is 714 g/mol. The minimum absolute atomic E-state index is 0.159. The van der Waals surface area contributed by atoms with Crippen LogP contribution in [-0.4, -0.2) is 36.8 Å². The van der Waals surface area contributed by atoms with Crippen LogP contribution in [0.15, 0.2) is 84.9 Å². The van der Waals surface area contributed by atoms with E-state index in [4.69, 9.17) is 9.47 Å². The van der Waals surface area contributed by atoms with Crippen LogP contribution in [-0.2, 0) is 0 Å². The summed E-state index contributed by atoms with van der Waals surface area (Å²) < 4.78 is 13.3. The average Bonchev–Trinajstić information content (AvgIpc) is 3.15. The summed E-state index contributed by atoms with van der Waals surface area (Å²) in [5.41, 5.74) is 4.53. The van der Waals surface area contributed by atoms with Crippen molar-refractivity contribution < 1.29 is 28.7 Å². The summed E-state index contributed by atoms with van der Waals surface area (Å²) in [4.78, 5) is 60.2. The van der Waals surface area contributed by atoms with Crippen LogP contribution in [0.4, 0.5) is 11.4 Å². The first kappa shape index (κ1) is 33.5. The van der Waals surface area contributed by atoms with Crippen molar-refractivity contribution in [3.05, 3.63) is 118 Å². The molecular weight excluding hydrogens is 677 g/mol. The van der Waals surface area contributed by atoms with Crippen molar-refractivity contribution in [1.82, 2.24) is 0 Å². The lowest BCUT2D eigenvalue weighted by molar-refractivity contribution is 0.0877. The molecule has 0 saturated heterocycles. The number of carbonyl (C=O) groups is 4. The molecule has 0 saturated carbocycles. The maximum Gasteiger partial charge on any atom is 0.266 e. The van der Waals surface area contributed by atoms with Gasteiger partial charge in [0.15, 0.2) is 0 Å². The van der Waals surface area contributed by atoms with Gasteiger partial charge in [-0.2, -0.15) is 0 Å². The Morgan fingerprint density at radius 1 is 0.444 bits per heavy atom. The summed E-state index contributed by atoms with van der Waals surface area (Å²) in [5, 5.41) is 5.39. The lowest BCUT2D eigenvalue weighted by Crippen LogP contribution is -2.40. The van der Waals surface area contributed by atoms with E-state index >= 15 is 0 Å². The van der Waals surface area contributed by atoms with Crippen LogP contribution in [0.25, 0.3) is 43.1 Å². The van der Waals surface area contributed by atoms with E-state index in [1.807, 2.05) is 50.2 Å². The number of carbonyl (C=O) groups excluding carboxylic acids is 4. The summed E-state index contributed by atoms with van der Waals surface area (Å²) in [6, 6.07) is 25.5. The van der Waals surface area contributed by atoms with Crippen molar-refractivity contribution in [2.24, 2.45) is 11.8 Å². The number of hydrogen-bond donors (Lipinski definition) is 0. The fourth-order valence-electron chi connectivity index (χ4n) is 7.98. The molecule has 0 bridgehead atoms. The summed E-state index contributed by atoms with van der Waals surface area (Å²) in [6.45, 7) is 12.8. The fourth-order valence-corrected chi connectivity index (χ4v) is 7.98. The molecule has 0 atom stereocenters. The third kappa shape index (κ3) is 4.82. The first-order valence-electron chi connectivity index (χ1n) is 18.4. The van der Waals surface area contributed by atoms with Crippen molar-refractivity contribution in [2.75, 3.05) is 23.0 Å². The van der Waals surface area contributed by atoms with Gasteiger partial charge in [-0.1, -0.05) is 75.2 Å². The first-order valence-corrected chi connectivity index (χ1v) is 18.4. The van der Waals surface area contributed by atoms with Crippen LogP contribution in [0.5, 0.6) is 11.5 Å². The summed E-state index contributed by atoms with van der Waals surface area (Å²) in [5.74, 6) is -0.450. The molecule has 9 rings (SSSR count). The quantitative estimate of drug-likeness (QED) is 0.0884. The van der Waals surface area contributed by atoms with Crippen LogP contribution in [0.1, 0.15) is 80.3 Å². The normalized spacial score (nSPS) is 14.3. The smallest absolute Gasteiger partial charge is 0.266 e. The molecule has 2 aliphatic rings. The molecule has 7 aromatic carbocycles. The van der Waals surface area contributed by atoms with Crippen molar-refractivity contribution in [1.29, 1.82) is 0 Å². The Labute approximate surface area is 312 Å². The molecule has 4 amide bonds. The number of rotatable bonds is 8. The van der Waals surface area contributed by atoms with Gasteiger partial charge in [0.2, 0.25) is 0 Å². The predicted octanol–water partition coefficient (Wildman–Crippen LogP) is 10.0. The predicted molar refractivity (Wildman–Crippen MR) is 213 cm³/mol. The molecule has 0 aromatic heterocycles. The van der Waals surface area contributed by atoms with Crippen molar-refractivity contribution in [3.63, 3.8) is 0 Å². The molecule has 8 heteroatoms. The molecule has 2 heterocycles. The molecule has 7 aromatic rings. The molecule has 268 valence electrons. The van der Waals surface area contributed by atoms with Gasteiger partial charge < -0.3 is 9.47 Å². The molecule has 2 aliphatic heterocycles. The zero-order chi connectivity index (χ0) is 37.7. The van der Waals surface area contributed by atoms with E-state index in [0.717, 1.165) is 21.9 Å². The van der Waals surface area contributed by atoms with Crippen molar-refractivity contribution >= 4 is 78.1 Å². The number of ether oxygens (including phenoxy) is 2. The number of benzene rings is 7. The minimum atomic E-state index is -0.436. The highest BCUT2D eigenvalue weighted by atomic mass is 16.5. The standard InChI is InChI=1S/C46H38N2O6/c1-23(2)21-53-35-19-33-37-31(43(49)47(45(33)51)27-11-7-25(5)8-12-27)17-15-29-30-16-18-32-38-34(46(52)48(44(32)50)28-13-9-26(6)10-14-28)20-36(54-22-24(3)4)42(40(30)38)41(35)39(29)37/h7-20,23-24H,21-22H2,1-6H3. The summed E-state index contributed by atoms with van der Waals surface area (Å²) in [6.07, 6.45) is 0. The van der Waals surface area contributed by atoms with Gasteiger partial charge in [-0.3, -0.25) is 19.2 Å².